The van der Waals surface area contributed by atoms with Gasteiger partial charge in [0.15, 0.2) is 5.12 Å². The maximum absolute atomic E-state index is 11.8. The van der Waals surface area contributed by atoms with Gasteiger partial charge in [0.2, 0.25) is 11.8 Å². The molecule has 0 unspecified atom stereocenters. The number of nitrogens with two attached hydrogens (primary N) is 1. The van der Waals surface area contributed by atoms with Crippen LogP contribution in [0.2, 0.25) is 0 Å². The maximum Gasteiger partial charge on any atom is 0.322 e. The average Bonchev–Trinajstić information content (AvgIpc) is 2.67. The average molecular weight is 422 g/mol. The number of carbonyl (C=O) groups is 4. The molecule has 0 spiro atoms. The number of rotatable bonds is 13. The molecule has 0 heterocycles. The van der Waals surface area contributed by atoms with E-state index in [-0.39, 0.29) is 50.0 Å². The van der Waals surface area contributed by atoms with Crippen LogP contribution in [0.1, 0.15) is 33.1 Å². The number of hydrogen-bond donors (Lipinski definition) is 5. The topological polar surface area (TPSA) is 168 Å². The quantitative estimate of drug-likeness (QED) is 0.176. The van der Waals surface area contributed by atoms with Crippen molar-refractivity contribution in [3.8, 4) is 0 Å². The van der Waals surface area contributed by atoms with Crippen molar-refractivity contribution in [3.63, 3.8) is 0 Å². The van der Waals surface area contributed by atoms with Gasteiger partial charge < -0.3 is 31.3 Å². The van der Waals surface area contributed by atoms with Gasteiger partial charge in [0.05, 0.1) is 13.7 Å². The highest BCUT2D eigenvalue weighted by Crippen LogP contribution is 2.19. The van der Waals surface area contributed by atoms with Crippen LogP contribution in [-0.4, -0.2) is 77.8 Å². The van der Waals surface area contributed by atoms with Crippen molar-refractivity contribution in [1.82, 2.24) is 10.6 Å². The number of carbonyl (C=O) groups excluding carboxylic acids is 4. The van der Waals surface area contributed by atoms with Gasteiger partial charge >= 0.3 is 5.97 Å². The van der Waals surface area contributed by atoms with E-state index in [1.807, 2.05) is 0 Å². The molecule has 0 rings (SSSR count). The van der Waals surface area contributed by atoms with Crippen LogP contribution in [0.3, 0.4) is 0 Å². The molecular weight excluding hydrogens is 390 g/mol. The second kappa shape index (κ2) is 13.5. The zero-order valence-electron chi connectivity index (χ0n) is 16.5. The first kappa shape index (κ1) is 26.3. The number of hydrogen-bond acceptors (Lipinski definition) is 9. The van der Waals surface area contributed by atoms with Crippen molar-refractivity contribution in [2.45, 2.75) is 45.3 Å². The molecule has 2 atom stereocenters. The minimum absolute atomic E-state index is 0.0185. The van der Waals surface area contributed by atoms with E-state index in [4.69, 9.17) is 10.8 Å². The summed E-state index contributed by atoms with van der Waals surface area (Å²) in [5.41, 5.74) is 4.56. The van der Waals surface area contributed by atoms with Gasteiger partial charge in [-0.2, -0.15) is 0 Å². The molecule has 0 saturated heterocycles. The number of ether oxygens (including phenoxy) is 1. The first-order chi connectivity index (χ1) is 13.0. The summed E-state index contributed by atoms with van der Waals surface area (Å²) in [6, 6.07) is -0.828. The Bertz CT molecular complexity index is 543. The lowest BCUT2D eigenvalue weighted by Gasteiger charge is -2.27. The number of aliphatic hydroxyl groups is 2. The second-order valence-corrected chi connectivity index (χ2v) is 7.98. The minimum Gasteiger partial charge on any atom is -0.468 e. The molecule has 162 valence electrons. The van der Waals surface area contributed by atoms with Crippen LogP contribution in [0.25, 0.3) is 0 Å². The molecule has 2 amide bonds. The number of esters is 1. The van der Waals surface area contributed by atoms with Gasteiger partial charge in [0.1, 0.15) is 12.1 Å². The van der Waals surface area contributed by atoms with Crippen molar-refractivity contribution in [2.75, 3.05) is 32.6 Å². The molecule has 0 fully saturated rings. The fraction of sp³-hybridized carbons (Fsp3) is 0.765. The summed E-state index contributed by atoms with van der Waals surface area (Å²) in [5, 5.41) is 23.8. The molecular formula is C17H31N3O7S. The maximum atomic E-state index is 11.8. The highest BCUT2D eigenvalue weighted by molar-refractivity contribution is 8.13. The van der Waals surface area contributed by atoms with Crippen molar-refractivity contribution >= 4 is 34.7 Å². The van der Waals surface area contributed by atoms with Gasteiger partial charge in [-0.1, -0.05) is 25.6 Å². The first-order valence-corrected chi connectivity index (χ1v) is 9.86. The SMILES string of the molecule is COC(=O)[C@@H](N)CCC(=O)SCCNC(=O)CCNC(=O)[C@H](O)C(C)(C)CO. The molecule has 11 heteroatoms. The zero-order chi connectivity index (χ0) is 21.7. The number of nitrogens with one attached hydrogen (secondary N) is 2. The Morgan fingerprint density at radius 2 is 1.79 bits per heavy atom. The third-order valence-electron chi connectivity index (χ3n) is 3.90. The minimum atomic E-state index is -1.38. The zero-order valence-corrected chi connectivity index (χ0v) is 17.3. The molecule has 0 aliphatic carbocycles. The number of thioether (sulfide) groups is 1. The Morgan fingerprint density at radius 1 is 1.14 bits per heavy atom. The molecule has 0 aromatic carbocycles. The Balaban J connectivity index is 3.87. The highest BCUT2D eigenvalue weighted by atomic mass is 32.2. The third kappa shape index (κ3) is 10.6. The van der Waals surface area contributed by atoms with Crippen LogP contribution in [0.4, 0.5) is 0 Å². The molecule has 28 heavy (non-hydrogen) atoms. The number of amides is 2. The molecule has 0 bridgehead atoms. The summed E-state index contributed by atoms with van der Waals surface area (Å²) in [5.74, 6) is -1.16. The van der Waals surface area contributed by atoms with Gasteiger partial charge in [0, 0.05) is 37.1 Å². The summed E-state index contributed by atoms with van der Waals surface area (Å²) < 4.78 is 4.47. The van der Waals surface area contributed by atoms with Crippen LogP contribution in [0, 0.1) is 5.41 Å². The summed E-state index contributed by atoms with van der Waals surface area (Å²) in [4.78, 5) is 46.2. The van der Waals surface area contributed by atoms with Crippen molar-refractivity contribution in [2.24, 2.45) is 11.1 Å². The summed E-state index contributed by atoms with van der Waals surface area (Å²) in [6.45, 7) is 3.05. The van der Waals surface area contributed by atoms with E-state index in [0.717, 1.165) is 11.8 Å². The van der Waals surface area contributed by atoms with E-state index in [2.05, 4.69) is 15.4 Å². The molecule has 0 aliphatic rings. The lowest BCUT2D eigenvalue weighted by molar-refractivity contribution is -0.142. The van der Waals surface area contributed by atoms with Crippen molar-refractivity contribution < 1.29 is 34.1 Å². The van der Waals surface area contributed by atoms with E-state index < -0.39 is 29.4 Å². The Kier molecular flexibility index (Phi) is 12.7. The van der Waals surface area contributed by atoms with Crippen LogP contribution < -0.4 is 16.4 Å². The highest BCUT2D eigenvalue weighted by Gasteiger charge is 2.32. The molecule has 10 nitrogen and oxygen atoms in total. The van der Waals surface area contributed by atoms with E-state index in [9.17, 15) is 24.3 Å². The number of aliphatic hydroxyl groups excluding tert-OH is 2. The van der Waals surface area contributed by atoms with Crippen LogP contribution >= 0.6 is 11.8 Å². The lowest BCUT2D eigenvalue weighted by atomic mass is 9.87. The van der Waals surface area contributed by atoms with Crippen molar-refractivity contribution in [1.29, 1.82) is 0 Å². The summed E-state index contributed by atoms with van der Waals surface area (Å²) >= 11 is 1.03. The van der Waals surface area contributed by atoms with Crippen LogP contribution in [-0.2, 0) is 23.9 Å². The molecule has 0 aromatic rings. The van der Waals surface area contributed by atoms with Crippen molar-refractivity contribution in [3.05, 3.63) is 0 Å². The largest absolute Gasteiger partial charge is 0.468 e. The van der Waals surface area contributed by atoms with Crippen LogP contribution in [0.15, 0.2) is 0 Å². The molecule has 6 N–H and O–H groups in total. The van der Waals surface area contributed by atoms with Gasteiger partial charge in [0.25, 0.3) is 0 Å². The van der Waals surface area contributed by atoms with Crippen LogP contribution in [0.5, 0.6) is 0 Å². The van der Waals surface area contributed by atoms with Gasteiger partial charge in [-0.05, 0) is 6.42 Å². The smallest absolute Gasteiger partial charge is 0.322 e. The lowest BCUT2D eigenvalue weighted by Crippen LogP contribution is -2.46. The van der Waals surface area contributed by atoms with E-state index >= 15 is 0 Å². The van der Waals surface area contributed by atoms with Gasteiger partial charge in [-0.25, -0.2) is 0 Å². The monoisotopic (exact) mass is 421 g/mol. The molecule has 0 aromatic heterocycles. The normalized spacial score (nSPS) is 13.4. The standard InChI is InChI=1S/C17H31N3O7S/c1-17(2,10-21)14(24)15(25)20-7-6-12(22)19-8-9-28-13(23)5-4-11(18)16(26)27-3/h11,14,21,24H,4-10,18H2,1-3H3,(H,19,22)(H,20,25)/t11-,14-/m0/s1. The van der Waals surface area contributed by atoms with E-state index in [0.29, 0.717) is 5.75 Å². The molecule has 0 radical (unpaired) electrons. The second-order valence-electron chi connectivity index (χ2n) is 6.83. The fourth-order valence-electron chi connectivity index (χ4n) is 1.90. The summed E-state index contributed by atoms with van der Waals surface area (Å²) in [6.07, 6.45) is -1.03. The Morgan fingerprint density at radius 3 is 2.36 bits per heavy atom. The molecule has 0 saturated carbocycles. The Labute approximate surface area is 168 Å². The predicted octanol–water partition coefficient (Wildman–Crippen LogP) is -1.47. The predicted molar refractivity (Wildman–Crippen MR) is 104 cm³/mol. The fourth-order valence-corrected chi connectivity index (χ4v) is 2.59. The Hall–Kier alpha value is -1.69. The van der Waals surface area contributed by atoms with E-state index in [1.165, 1.54) is 7.11 Å². The van der Waals surface area contributed by atoms with Gasteiger partial charge in [-0.15, -0.1) is 0 Å². The number of methoxy groups -OCH3 is 1. The first-order valence-electron chi connectivity index (χ1n) is 8.87. The third-order valence-corrected chi connectivity index (χ3v) is 4.83. The molecule has 0 aliphatic heterocycles. The summed E-state index contributed by atoms with van der Waals surface area (Å²) in [7, 11) is 1.23. The van der Waals surface area contributed by atoms with E-state index in [1.54, 1.807) is 13.8 Å². The van der Waals surface area contributed by atoms with Gasteiger partial charge in [-0.3, -0.25) is 19.2 Å².